The van der Waals surface area contributed by atoms with E-state index >= 15 is 0 Å². The molecule has 1 spiro atoms. The van der Waals surface area contributed by atoms with E-state index in [1.807, 2.05) is 0 Å². The topological polar surface area (TPSA) is 6.48 Å². The number of rotatable bonds is 6. The highest BCUT2D eigenvalue weighted by Gasteiger charge is 2.59. The van der Waals surface area contributed by atoms with Crippen LogP contribution in [-0.2, 0) is 5.41 Å². The molecule has 4 unspecified atom stereocenters. The van der Waals surface area contributed by atoms with Crippen molar-refractivity contribution >= 4 is 27.8 Å². The van der Waals surface area contributed by atoms with Crippen LogP contribution in [0, 0.1) is 5.92 Å². The Kier molecular flexibility index (Phi) is 7.52. The molecule has 0 saturated heterocycles. The zero-order valence-electron chi connectivity index (χ0n) is 30.8. The summed E-state index contributed by atoms with van der Waals surface area (Å²) < 4.78 is 0. The van der Waals surface area contributed by atoms with Gasteiger partial charge in [0.25, 0.3) is 0 Å². The maximum atomic E-state index is 2.62. The van der Waals surface area contributed by atoms with Gasteiger partial charge in [0.05, 0.1) is 11.5 Å². The third-order valence-corrected chi connectivity index (χ3v) is 12.7. The second-order valence-electron chi connectivity index (χ2n) is 15.5. The zero-order valence-corrected chi connectivity index (χ0v) is 30.8. The maximum absolute atomic E-state index is 2.62. The molecule has 0 aliphatic heterocycles. The minimum Gasteiger partial charge on any atom is -0.337 e. The van der Waals surface area contributed by atoms with Gasteiger partial charge in [-0.2, -0.15) is 0 Å². The fourth-order valence-electron chi connectivity index (χ4n) is 10.5. The first-order valence-corrected chi connectivity index (χ1v) is 19.9. The van der Waals surface area contributed by atoms with Gasteiger partial charge in [-0.15, -0.1) is 0 Å². The molecule has 4 atom stereocenters. The summed E-state index contributed by atoms with van der Waals surface area (Å²) in [4.78, 5) is 5.15. The summed E-state index contributed by atoms with van der Waals surface area (Å²) in [7, 11) is 0. The predicted molar refractivity (Wildman–Crippen MR) is 230 cm³/mol. The lowest BCUT2D eigenvalue weighted by atomic mass is 9.65. The number of hydrogen-bond donors (Lipinski definition) is 0. The van der Waals surface area contributed by atoms with Crippen LogP contribution in [0.5, 0.6) is 0 Å². The van der Waals surface area contributed by atoms with Gasteiger partial charge in [-0.05, 0) is 112 Å². The van der Waals surface area contributed by atoms with Crippen LogP contribution in [0.3, 0.4) is 0 Å². The third kappa shape index (κ3) is 4.87. The molecule has 2 heteroatoms. The fraction of sp³-hybridized carbons (Fsp3) is 0.132. The first kappa shape index (κ1) is 32.1. The van der Waals surface area contributed by atoms with Crippen molar-refractivity contribution in [3.63, 3.8) is 0 Å². The summed E-state index contributed by atoms with van der Waals surface area (Å²) in [5.74, 6) is 0.356. The van der Waals surface area contributed by atoms with Crippen LogP contribution >= 0.6 is 0 Å². The van der Waals surface area contributed by atoms with Crippen LogP contribution in [0.4, 0.5) is 17.1 Å². The SMILES string of the molecule is C1=CCCC(N(c2ccc3c(c2)C2(c4ccccc4-3)c3ccccc3C3C(N(c4ccccc4)C4C=CC=CC4)=CC=CC32)c2ccc3ccccc3c2)=C1. The number of allylic oxidation sites excluding steroid dienone is 10. The Hall–Kier alpha value is -6.38. The van der Waals surface area contributed by atoms with Gasteiger partial charge in [0.2, 0.25) is 0 Å². The van der Waals surface area contributed by atoms with Crippen molar-refractivity contribution in [3.05, 3.63) is 234 Å². The molecule has 0 aromatic heterocycles. The van der Waals surface area contributed by atoms with Crippen molar-refractivity contribution < 1.29 is 0 Å². The van der Waals surface area contributed by atoms with E-state index in [1.165, 1.54) is 72.6 Å². The van der Waals surface area contributed by atoms with Crippen molar-refractivity contribution in [2.45, 2.75) is 36.6 Å². The van der Waals surface area contributed by atoms with Crippen LogP contribution in [-0.4, -0.2) is 6.04 Å². The molecular weight excluding hydrogens is 665 g/mol. The molecule has 6 aromatic carbocycles. The predicted octanol–water partition coefficient (Wildman–Crippen LogP) is 13.1. The molecule has 0 saturated carbocycles. The standard InChI is InChI=1S/C53H42N2/c1-4-19-39(20-5-1)54(42-32-31-37-17-10-11-18-38(37)35-42)43-33-34-45-44-25-12-14-27-47(44)53(50(45)36-43)48-28-15-13-26-46(48)52-49(53)29-16-30-51(52)55(40-21-6-2-7-22-40)41-23-8-3-9-24-41/h1-4,6-19,21-23,25-36,41,49,52H,5,20,24H2. The Morgan fingerprint density at radius 2 is 1.29 bits per heavy atom. The molecule has 2 nitrogen and oxygen atoms in total. The molecule has 0 bridgehead atoms. The van der Waals surface area contributed by atoms with Gasteiger partial charge in [0.15, 0.2) is 0 Å². The normalized spacial score (nSPS) is 22.5. The van der Waals surface area contributed by atoms with Crippen LogP contribution in [0.2, 0.25) is 0 Å². The highest BCUT2D eigenvalue weighted by molar-refractivity contribution is 5.91. The van der Waals surface area contributed by atoms with E-state index in [2.05, 4.69) is 210 Å². The van der Waals surface area contributed by atoms with Crippen LogP contribution in [0.1, 0.15) is 47.4 Å². The molecule has 0 fully saturated rings. The van der Waals surface area contributed by atoms with E-state index in [-0.39, 0.29) is 23.3 Å². The van der Waals surface area contributed by atoms with Crippen LogP contribution in [0.15, 0.2) is 212 Å². The van der Waals surface area contributed by atoms with Crippen molar-refractivity contribution in [2.24, 2.45) is 5.92 Å². The second-order valence-corrected chi connectivity index (χ2v) is 15.5. The smallest absolute Gasteiger partial charge is 0.0556 e. The van der Waals surface area contributed by atoms with E-state index in [9.17, 15) is 0 Å². The summed E-state index contributed by atoms with van der Waals surface area (Å²) in [6.45, 7) is 0. The third-order valence-electron chi connectivity index (χ3n) is 12.7. The summed E-state index contributed by atoms with van der Waals surface area (Å²) >= 11 is 0. The van der Waals surface area contributed by atoms with Gasteiger partial charge in [-0.1, -0.05) is 152 Å². The second kappa shape index (κ2) is 12.9. The number of fused-ring (bicyclic) bond motifs is 11. The number of benzene rings is 6. The average molecular weight is 707 g/mol. The summed E-state index contributed by atoms with van der Waals surface area (Å²) in [5.41, 5.74) is 14.3. The van der Waals surface area contributed by atoms with Gasteiger partial charge in [-0.3, -0.25) is 0 Å². The highest BCUT2D eigenvalue weighted by Crippen LogP contribution is 2.67. The summed E-state index contributed by atoms with van der Waals surface area (Å²) in [6, 6.07) is 52.9. The molecule has 11 rings (SSSR count). The van der Waals surface area contributed by atoms with Crippen molar-refractivity contribution in [2.75, 3.05) is 9.80 Å². The molecule has 6 aromatic rings. The van der Waals surface area contributed by atoms with E-state index in [1.54, 1.807) is 0 Å². The molecule has 55 heavy (non-hydrogen) atoms. The minimum atomic E-state index is -0.361. The highest BCUT2D eigenvalue weighted by atomic mass is 15.2. The van der Waals surface area contributed by atoms with Crippen molar-refractivity contribution in [1.29, 1.82) is 0 Å². The lowest BCUT2D eigenvalue weighted by molar-refractivity contribution is 0.445. The minimum absolute atomic E-state index is 0.172. The first-order chi connectivity index (χ1) is 27.3. The Balaban J connectivity index is 1.13. The molecule has 5 aliphatic carbocycles. The summed E-state index contributed by atoms with van der Waals surface area (Å²) in [6.07, 6.45) is 26.2. The lowest BCUT2D eigenvalue weighted by Crippen LogP contribution is -2.40. The molecule has 0 radical (unpaired) electrons. The van der Waals surface area contributed by atoms with Gasteiger partial charge in [0, 0.05) is 40.3 Å². The first-order valence-electron chi connectivity index (χ1n) is 19.9. The molecule has 0 amide bonds. The Morgan fingerprint density at radius 1 is 0.527 bits per heavy atom. The quantitative estimate of drug-likeness (QED) is 0.170. The number of hydrogen-bond acceptors (Lipinski definition) is 2. The number of para-hydroxylation sites is 1. The molecule has 264 valence electrons. The largest absolute Gasteiger partial charge is 0.337 e. The monoisotopic (exact) mass is 706 g/mol. The number of anilines is 3. The Labute approximate surface area is 324 Å². The average Bonchev–Trinajstić information content (AvgIpc) is 3.73. The van der Waals surface area contributed by atoms with Gasteiger partial charge < -0.3 is 9.80 Å². The lowest BCUT2D eigenvalue weighted by Gasteiger charge is -2.42. The van der Waals surface area contributed by atoms with Gasteiger partial charge in [0.1, 0.15) is 0 Å². The van der Waals surface area contributed by atoms with Gasteiger partial charge >= 0.3 is 0 Å². The summed E-state index contributed by atoms with van der Waals surface area (Å²) in [5, 5.41) is 2.52. The van der Waals surface area contributed by atoms with Crippen LogP contribution in [0.25, 0.3) is 21.9 Å². The zero-order chi connectivity index (χ0) is 36.3. The Morgan fingerprint density at radius 3 is 2.15 bits per heavy atom. The van der Waals surface area contributed by atoms with Gasteiger partial charge in [-0.25, -0.2) is 0 Å². The maximum Gasteiger partial charge on any atom is 0.0556 e. The van der Waals surface area contributed by atoms with E-state index < -0.39 is 0 Å². The van der Waals surface area contributed by atoms with E-state index in [4.69, 9.17) is 0 Å². The number of nitrogens with zero attached hydrogens (tertiary/aromatic N) is 2. The molecule has 5 aliphatic rings. The van der Waals surface area contributed by atoms with E-state index in [0.717, 1.165) is 19.3 Å². The molecule has 0 N–H and O–H groups in total. The molecule has 0 heterocycles. The molecular formula is C53H42N2. The van der Waals surface area contributed by atoms with E-state index in [0.29, 0.717) is 0 Å². The van der Waals surface area contributed by atoms with Crippen LogP contribution < -0.4 is 9.80 Å². The Bertz CT molecular complexity index is 2670. The van der Waals surface area contributed by atoms with Crippen molar-refractivity contribution in [3.8, 4) is 11.1 Å². The van der Waals surface area contributed by atoms with Crippen molar-refractivity contribution in [1.82, 2.24) is 0 Å². The fourth-order valence-corrected chi connectivity index (χ4v) is 10.5.